The van der Waals surface area contributed by atoms with Crippen molar-refractivity contribution in [3.63, 3.8) is 0 Å². The van der Waals surface area contributed by atoms with Crippen LogP contribution in [0.15, 0.2) is 0 Å². The molecule has 0 rings (SSSR count). The highest BCUT2D eigenvalue weighted by molar-refractivity contribution is 6.77. The van der Waals surface area contributed by atoms with E-state index in [-0.39, 0.29) is 0 Å². The van der Waals surface area contributed by atoms with Crippen LogP contribution in [0.25, 0.3) is 0 Å². The fourth-order valence-electron chi connectivity index (χ4n) is 3.03. The summed E-state index contributed by atoms with van der Waals surface area (Å²) in [5, 5.41) is 0. The van der Waals surface area contributed by atoms with Crippen molar-refractivity contribution in [1.82, 2.24) is 4.57 Å². The van der Waals surface area contributed by atoms with Crippen LogP contribution in [-0.4, -0.2) is 48.7 Å². The number of hydrogen-bond donors (Lipinski definition) is 0. The van der Waals surface area contributed by atoms with Gasteiger partial charge in [-0.2, -0.15) is 0 Å². The van der Waals surface area contributed by atoms with Gasteiger partial charge in [0, 0.05) is 14.2 Å². The molecule has 0 amide bonds. The lowest BCUT2D eigenvalue weighted by molar-refractivity contribution is 0.247. The molecule has 0 N–H and O–H groups in total. The van der Waals surface area contributed by atoms with Gasteiger partial charge in [-0.3, -0.25) is 0 Å². The predicted octanol–water partition coefficient (Wildman–Crippen LogP) is 4.07. The van der Waals surface area contributed by atoms with E-state index in [9.17, 15) is 0 Å². The topological polar surface area (TPSA) is 21.7 Å². The summed E-state index contributed by atoms with van der Waals surface area (Å²) in [6.07, 6.45) is 1.20. The summed E-state index contributed by atoms with van der Waals surface area (Å²) in [7, 11) is 0.502. The van der Waals surface area contributed by atoms with Crippen molar-refractivity contribution in [2.24, 2.45) is 0 Å². The summed E-state index contributed by atoms with van der Waals surface area (Å²) < 4.78 is 14.0. The van der Waals surface area contributed by atoms with E-state index in [1.54, 1.807) is 14.2 Å². The van der Waals surface area contributed by atoms with E-state index in [1.165, 1.54) is 37.6 Å². The van der Waals surface area contributed by atoms with Gasteiger partial charge >= 0.3 is 8.56 Å². The molecular weight excluding hydrogens is 270 g/mol. The summed E-state index contributed by atoms with van der Waals surface area (Å²) in [6, 6.07) is 5.21. The summed E-state index contributed by atoms with van der Waals surface area (Å²) >= 11 is 0. The Labute approximate surface area is 123 Å². The Morgan fingerprint density at radius 2 is 1.37 bits per heavy atom. The predicted molar refractivity (Wildman–Crippen MR) is 89.5 cm³/mol. The van der Waals surface area contributed by atoms with E-state index < -0.39 is 16.8 Å². The Hall–Kier alpha value is 0.314. The molecule has 0 aromatic rings. The van der Waals surface area contributed by atoms with Crippen LogP contribution in [0.4, 0.5) is 0 Å². The van der Waals surface area contributed by atoms with Crippen molar-refractivity contribution >= 4 is 16.8 Å². The Morgan fingerprint density at radius 1 is 0.895 bits per heavy atom. The van der Waals surface area contributed by atoms with Gasteiger partial charge in [-0.15, -0.1) is 0 Å². The first-order valence-corrected chi connectivity index (χ1v) is 12.9. The van der Waals surface area contributed by atoms with Crippen LogP contribution in [0, 0.1) is 0 Å². The van der Waals surface area contributed by atoms with Gasteiger partial charge < -0.3 is 13.4 Å². The first-order valence-electron chi connectivity index (χ1n) is 7.82. The average Bonchev–Trinajstić information content (AvgIpc) is 2.47. The van der Waals surface area contributed by atoms with Crippen LogP contribution in [0.3, 0.4) is 0 Å². The van der Waals surface area contributed by atoms with Gasteiger partial charge in [0.2, 0.25) is 0 Å². The second-order valence-corrected chi connectivity index (χ2v) is 14.3. The van der Waals surface area contributed by atoms with Crippen LogP contribution in [-0.2, 0) is 8.85 Å². The summed E-state index contributed by atoms with van der Waals surface area (Å²) in [6.45, 7) is 14.0. The normalized spacial score (nSPS) is 13.3. The van der Waals surface area contributed by atoms with Gasteiger partial charge in [0.15, 0.2) is 0 Å². The van der Waals surface area contributed by atoms with E-state index in [4.69, 9.17) is 8.85 Å². The zero-order valence-corrected chi connectivity index (χ0v) is 16.2. The Kier molecular flexibility index (Phi) is 9.44. The molecular formula is C14H35NO2Si2. The first-order chi connectivity index (χ1) is 8.97. The van der Waals surface area contributed by atoms with Crippen LogP contribution in [0.2, 0.25) is 30.7 Å². The van der Waals surface area contributed by atoms with Crippen molar-refractivity contribution in [2.75, 3.05) is 27.3 Å². The molecule has 0 aromatic heterocycles. The third-order valence-electron chi connectivity index (χ3n) is 4.95. The van der Waals surface area contributed by atoms with Crippen LogP contribution < -0.4 is 0 Å². The highest BCUT2D eigenvalue weighted by Crippen LogP contribution is 2.26. The lowest BCUT2D eigenvalue weighted by Crippen LogP contribution is -2.52. The lowest BCUT2D eigenvalue weighted by atomic mass is 10.5. The third-order valence-corrected chi connectivity index (χ3v) is 13.8. The molecule has 116 valence electrons. The van der Waals surface area contributed by atoms with E-state index >= 15 is 0 Å². The molecule has 0 atom stereocenters. The van der Waals surface area contributed by atoms with E-state index in [0.29, 0.717) is 0 Å². The van der Waals surface area contributed by atoms with Crippen molar-refractivity contribution in [1.29, 1.82) is 0 Å². The zero-order chi connectivity index (χ0) is 14.9. The van der Waals surface area contributed by atoms with Gasteiger partial charge in [-0.25, -0.2) is 0 Å². The van der Waals surface area contributed by atoms with Gasteiger partial charge in [0.1, 0.15) is 8.24 Å². The minimum Gasteiger partial charge on any atom is -0.398 e. The Morgan fingerprint density at radius 3 is 1.68 bits per heavy atom. The van der Waals surface area contributed by atoms with Crippen molar-refractivity contribution in [3.8, 4) is 0 Å². The fraction of sp³-hybridized carbons (Fsp3) is 1.00. The molecule has 0 aliphatic heterocycles. The van der Waals surface area contributed by atoms with Crippen molar-refractivity contribution in [3.05, 3.63) is 0 Å². The molecule has 0 unspecified atom stereocenters. The Bertz CT molecular complexity index is 223. The second kappa shape index (κ2) is 9.29. The molecule has 0 heterocycles. The standard InChI is InChI=1S/C14H35NO2Si2/c1-8-15(19(9-2,10-3)11-4)13-12-14-18(7,16-5)17-6/h8-14H2,1-7H3. The van der Waals surface area contributed by atoms with Crippen LogP contribution >= 0.6 is 0 Å². The van der Waals surface area contributed by atoms with E-state index in [0.717, 1.165) is 6.04 Å². The highest BCUT2D eigenvalue weighted by Gasteiger charge is 2.34. The molecule has 0 saturated carbocycles. The quantitative estimate of drug-likeness (QED) is 0.537. The van der Waals surface area contributed by atoms with Gasteiger partial charge in [-0.1, -0.05) is 27.7 Å². The number of hydrogen-bond acceptors (Lipinski definition) is 3. The monoisotopic (exact) mass is 305 g/mol. The van der Waals surface area contributed by atoms with Gasteiger partial charge in [0.05, 0.1) is 0 Å². The number of nitrogens with zero attached hydrogens (tertiary/aromatic N) is 1. The molecule has 0 radical (unpaired) electrons. The fourth-order valence-corrected chi connectivity index (χ4v) is 8.55. The average molecular weight is 306 g/mol. The summed E-state index contributed by atoms with van der Waals surface area (Å²) in [5.74, 6) is 0. The maximum Gasteiger partial charge on any atom is 0.334 e. The minimum absolute atomic E-state index is 1.10. The molecule has 0 bridgehead atoms. The molecule has 0 aliphatic carbocycles. The SMILES string of the molecule is CCN(CCC[Si](C)(OC)OC)[Si](CC)(CC)CC. The smallest absolute Gasteiger partial charge is 0.334 e. The number of rotatable bonds is 11. The maximum absolute atomic E-state index is 5.58. The molecule has 0 fully saturated rings. The zero-order valence-electron chi connectivity index (χ0n) is 14.2. The molecule has 3 nitrogen and oxygen atoms in total. The highest BCUT2D eigenvalue weighted by atomic mass is 28.4. The van der Waals surface area contributed by atoms with Gasteiger partial charge in [0.25, 0.3) is 0 Å². The lowest BCUT2D eigenvalue weighted by Gasteiger charge is -2.40. The largest absolute Gasteiger partial charge is 0.398 e. The van der Waals surface area contributed by atoms with Crippen molar-refractivity contribution in [2.45, 2.75) is 64.8 Å². The molecule has 19 heavy (non-hydrogen) atoms. The molecule has 0 aliphatic rings. The van der Waals surface area contributed by atoms with E-state index in [1.807, 2.05) is 0 Å². The van der Waals surface area contributed by atoms with Crippen LogP contribution in [0.1, 0.15) is 34.1 Å². The minimum atomic E-state index is -1.88. The molecule has 0 aromatic carbocycles. The summed E-state index contributed by atoms with van der Waals surface area (Å²) in [4.78, 5) is 0. The van der Waals surface area contributed by atoms with Crippen molar-refractivity contribution < 1.29 is 8.85 Å². The second-order valence-electron chi connectivity index (χ2n) is 5.51. The molecule has 0 saturated heterocycles. The van der Waals surface area contributed by atoms with Gasteiger partial charge in [-0.05, 0) is 50.2 Å². The molecule has 5 heteroatoms. The first kappa shape index (κ1) is 19.3. The molecule has 0 spiro atoms. The summed E-state index contributed by atoms with van der Waals surface area (Å²) in [5.41, 5.74) is 0. The van der Waals surface area contributed by atoms with Crippen LogP contribution in [0.5, 0.6) is 0 Å². The third kappa shape index (κ3) is 5.30. The Balaban J connectivity index is 4.49. The maximum atomic E-state index is 5.58. The van der Waals surface area contributed by atoms with E-state index in [2.05, 4.69) is 38.8 Å².